The smallest absolute Gasteiger partial charge is 0.236 e. The molecule has 1 aliphatic rings. The number of hydrogen-bond acceptors (Lipinski definition) is 2. The van der Waals surface area contributed by atoms with Crippen LogP contribution in [0.2, 0.25) is 0 Å². The minimum absolute atomic E-state index is 0.00530. The van der Waals surface area contributed by atoms with Crippen molar-refractivity contribution in [3.8, 4) is 0 Å². The Balaban J connectivity index is 2.18. The number of nitrogens with zero attached hydrogens (tertiary/aromatic N) is 1. The van der Waals surface area contributed by atoms with Crippen LogP contribution >= 0.6 is 9.24 Å². The number of rotatable bonds is 8. The quantitative estimate of drug-likeness (QED) is 0.679. The SMILES string of the molecule is CCC(P)(CC)C(=O)N(C=Cc1ccccc1)CC(=O)[C]1CC1. The molecule has 0 spiro atoms. The molecular weight excluding hydrogens is 305 g/mol. The van der Waals surface area contributed by atoms with Crippen molar-refractivity contribution in [2.45, 2.75) is 44.7 Å². The van der Waals surface area contributed by atoms with Gasteiger partial charge in [0.15, 0.2) is 5.78 Å². The van der Waals surface area contributed by atoms with E-state index in [4.69, 9.17) is 0 Å². The molecule has 1 unspecified atom stereocenters. The van der Waals surface area contributed by atoms with Crippen LogP contribution in [0.25, 0.3) is 6.08 Å². The Kier molecular flexibility index (Phi) is 6.12. The Labute approximate surface area is 141 Å². The minimum Gasteiger partial charge on any atom is -0.311 e. The summed E-state index contributed by atoms with van der Waals surface area (Å²) >= 11 is 0. The van der Waals surface area contributed by atoms with Gasteiger partial charge < -0.3 is 4.90 Å². The number of ketones is 1. The zero-order valence-corrected chi connectivity index (χ0v) is 15.1. The predicted molar refractivity (Wildman–Crippen MR) is 97.7 cm³/mol. The van der Waals surface area contributed by atoms with Crippen molar-refractivity contribution in [3.05, 3.63) is 48.0 Å². The van der Waals surface area contributed by atoms with Gasteiger partial charge in [0.05, 0.1) is 11.7 Å². The van der Waals surface area contributed by atoms with Crippen molar-refractivity contribution in [1.29, 1.82) is 0 Å². The predicted octanol–water partition coefficient (Wildman–Crippen LogP) is 3.86. The molecule has 0 saturated heterocycles. The highest BCUT2D eigenvalue weighted by atomic mass is 31.0. The van der Waals surface area contributed by atoms with Crippen LogP contribution < -0.4 is 0 Å². The zero-order valence-electron chi connectivity index (χ0n) is 13.9. The number of carbonyl (C=O) groups excluding carboxylic acids is 2. The number of Topliss-reactive ketones (excluding diaryl/α,β-unsaturated/α-hetero) is 1. The van der Waals surface area contributed by atoms with E-state index < -0.39 is 5.16 Å². The average molecular weight is 330 g/mol. The van der Waals surface area contributed by atoms with Gasteiger partial charge in [0.1, 0.15) is 0 Å². The molecule has 0 aromatic heterocycles. The molecule has 3 nitrogen and oxygen atoms in total. The lowest BCUT2D eigenvalue weighted by molar-refractivity contribution is -0.134. The lowest BCUT2D eigenvalue weighted by Crippen LogP contribution is -2.44. The first kappa shape index (κ1) is 17.9. The van der Waals surface area contributed by atoms with E-state index in [0.717, 1.165) is 37.2 Å². The molecular formula is C19H25NO2P. The van der Waals surface area contributed by atoms with Gasteiger partial charge in [-0.15, -0.1) is 9.24 Å². The van der Waals surface area contributed by atoms with E-state index in [-0.39, 0.29) is 18.2 Å². The molecule has 2 rings (SSSR count). The van der Waals surface area contributed by atoms with Crippen LogP contribution in [0.1, 0.15) is 45.1 Å². The summed E-state index contributed by atoms with van der Waals surface area (Å²) in [5.74, 6) is 1.04. The van der Waals surface area contributed by atoms with E-state index in [1.165, 1.54) is 0 Å². The van der Waals surface area contributed by atoms with Crippen molar-refractivity contribution < 1.29 is 9.59 Å². The van der Waals surface area contributed by atoms with E-state index in [9.17, 15) is 9.59 Å². The van der Waals surface area contributed by atoms with E-state index in [1.54, 1.807) is 11.1 Å². The van der Waals surface area contributed by atoms with Crippen LogP contribution in [0.3, 0.4) is 0 Å². The van der Waals surface area contributed by atoms with Gasteiger partial charge >= 0.3 is 0 Å². The van der Waals surface area contributed by atoms with Crippen molar-refractivity contribution >= 4 is 27.0 Å². The maximum Gasteiger partial charge on any atom is 0.236 e. The van der Waals surface area contributed by atoms with Gasteiger partial charge in [0.2, 0.25) is 5.91 Å². The number of carbonyl (C=O) groups is 2. The summed E-state index contributed by atoms with van der Waals surface area (Å²) < 4.78 is 0. The lowest BCUT2D eigenvalue weighted by atomic mass is 10.00. The van der Waals surface area contributed by atoms with Gasteiger partial charge in [-0.2, -0.15) is 0 Å². The molecule has 1 atom stereocenters. The summed E-state index contributed by atoms with van der Waals surface area (Å²) in [5, 5.41) is -0.504. The van der Waals surface area contributed by atoms with E-state index in [0.29, 0.717) is 0 Å². The van der Waals surface area contributed by atoms with E-state index in [2.05, 4.69) is 9.24 Å². The molecule has 1 aromatic carbocycles. The lowest BCUT2D eigenvalue weighted by Gasteiger charge is -2.30. The summed E-state index contributed by atoms with van der Waals surface area (Å²) in [6.45, 7) is 4.16. The molecule has 0 N–H and O–H groups in total. The van der Waals surface area contributed by atoms with Gasteiger partial charge in [-0.05, 0) is 37.3 Å². The van der Waals surface area contributed by atoms with Crippen LogP contribution in [0.4, 0.5) is 0 Å². The topological polar surface area (TPSA) is 37.4 Å². The second-order valence-corrected chi connectivity index (χ2v) is 7.15. The molecule has 1 aliphatic carbocycles. The molecule has 1 radical (unpaired) electrons. The fraction of sp³-hybridized carbons (Fsp3) is 0.421. The molecule has 1 fully saturated rings. The highest BCUT2D eigenvalue weighted by Crippen LogP contribution is 2.34. The van der Waals surface area contributed by atoms with Crippen LogP contribution in [-0.2, 0) is 9.59 Å². The van der Waals surface area contributed by atoms with Gasteiger partial charge in [-0.3, -0.25) is 9.59 Å². The molecule has 4 heteroatoms. The third-order valence-corrected chi connectivity index (χ3v) is 5.47. The maximum absolute atomic E-state index is 12.9. The van der Waals surface area contributed by atoms with Gasteiger partial charge in [0, 0.05) is 12.1 Å². The number of hydrogen-bond donors (Lipinski definition) is 0. The Hall–Kier alpha value is -1.47. The fourth-order valence-corrected chi connectivity index (χ4v) is 2.54. The van der Waals surface area contributed by atoms with Crippen molar-refractivity contribution in [2.24, 2.45) is 0 Å². The Morgan fingerprint density at radius 3 is 2.30 bits per heavy atom. The second kappa shape index (κ2) is 7.88. The first-order valence-corrected chi connectivity index (χ1v) is 8.79. The van der Waals surface area contributed by atoms with Gasteiger partial charge in [-0.1, -0.05) is 44.2 Å². The highest BCUT2D eigenvalue weighted by Gasteiger charge is 2.36. The second-order valence-electron chi connectivity index (χ2n) is 6.05. The Bertz CT molecular complexity index is 574. The average Bonchev–Trinajstić information content (AvgIpc) is 3.43. The molecule has 1 aromatic rings. The summed E-state index contributed by atoms with van der Waals surface area (Å²) in [7, 11) is 2.69. The van der Waals surface area contributed by atoms with E-state index in [1.807, 2.05) is 50.3 Å². The summed E-state index contributed by atoms with van der Waals surface area (Å²) in [6.07, 6.45) is 6.87. The number of amides is 1. The first-order valence-electron chi connectivity index (χ1n) is 8.21. The minimum atomic E-state index is -0.504. The van der Waals surface area contributed by atoms with Crippen LogP contribution in [0, 0.1) is 5.92 Å². The van der Waals surface area contributed by atoms with Gasteiger partial charge in [-0.25, -0.2) is 0 Å². The third kappa shape index (κ3) is 4.75. The molecule has 0 bridgehead atoms. The van der Waals surface area contributed by atoms with Crippen LogP contribution in [0.15, 0.2) is 36.5 Å². The maximum atomic E-state index is 12.9. The summed E-state index contributed by atoms with van der Waals surface area (Å²) in [5.41, 5.74) is 1.01. The fourth-order valence-electron chi connectivity index (χ4n) is 2.38. The molecule has 0 aliphatic heterocycles. The van der Waals surface area contributed by atoms with E-state index >= 15 is 0 Å². The monoisotopic (exact) mass is 330 g/mol. The standard InChI is InChI=1S/C19H25NO2P/c1-3-19(23,4-2)18(22)20(14-17(21)16-10-11-16)13-12-15-8-6-5-7-9-15/h5-9,12-13H,3-4,10-11,14,23H2,1-2H3. The zero-order chi connectivity index (χ0) is 16.9. The Morgan fingerprint density at radius 1 is 1.17 bits per heavy atom. The summed E-state index contributed by atoms with van der Waals surface area (Å²) in [4.78, 5) is 26.7. The highest BCUT2D eigenvalue weighted by molar-refractivity contribution is 7.21. The number of benzene rings is 1. The van der Waals surface area contributed by atoms with Crippen molar-refractivity contribution in [2.75, 3.05) is 6.54 Å². The Morgan fingerprint density at radius 2 is 1.78 bits per heavy atom. The van der Waals surface area contributed by atoms with Gasteiger partial charge in [0.25, 0.3) is 0 Å². The normalized spacial score (nSPS) is 14.9. The molecule has 123 valence electrons. The molecule has 0 heterocycles. The molecule has 1 saturated carbocycles. The van der Waals surface area contributed by atoms with Crippen LogP contribution in [-0.4, -0.2) is 28.3 Å². The first-order chi connectivity index (χ1) is 11.0. The molecule has 1 amide bonds. The van der Waals surface area contributed by atoms with Crippen molar-refractivity contribution in [3.63, 3.8) is 0 Å². The molecule has 23 heavy (non-hydrogen) atoms. The van der Waals surface area contributed by atoms with Crippen molar-refractivity contribution in [1.82, 2.24) is 4.90 Å². The summed E-state index contributed by atoms with van der Waals surface area (Å²) in [6, 6.07) is 9.81. The third-order valence-electron chi connectivity index (χ3n) is 4.40. The van der Waals surface area contributed by atoms with Crippen LogP contribution in [0.5, 0.6) is 0 Å². The largest absolute Gasteiger partial charge is 0.311 e.